The van der Waals surface area contributed by atoms with E-state index in [1.165, 1.54) is 12.0 Å². The van der Waals surface area contributed by atoms with Crippen LogP contribution in [0.2, 0.25) is 0 Å². The molecule has 1 unspecified atom stereocenters. The second-order valence-corrected chi connectivity index (χ2v) is 7.02. The Morgan fingerprint density at radius 1 is 0.846 bits per heavy atom. The van der Waals surface area contributed by atoms with E-state index >= 15 is 0 Å². The van der Waals surface area contributed by atoms with Gasteiger partial charge in [0.25, 0.3) is 0 Å². The fourth-order valence-corrected chi connectivity index (χ4v) is 3.17. The zero-order valence-electron chi connectivity index (χ0n) is 15.6. The highest BCUT2D eigenvalue weighted by atomic mass is 16.7. The van der Waals surface area contributed by atoms with Crippen LogP contribution in [-0.4, -0.2) is 51.5 Å². The summed E-state index contributed by atoms with van der Waals surface area (Å²) in [5.74, 6) is 0. The van der Waals surface area contributed by atoms with E-state index in [1.54, 1.807) is 0 Å². The summed E-state index contributed by atoms with van der Waals surface area (Å²) in [6, 6.07) is 10.3. The molecule has 1 aromatic rings. The highest BCUT2D eigenvalue weighted by Crippen LogP contribution is 2.27. The summed E-state index contributed by atoms with van der Waals surface area (Å²) in [5.41, 5.74) is 1.23. The van der Waals surface area contributed by atoms with E-state index in [1.807, 2.05) is 18.2 Å². The Bertz CT molecular complexity index is 469. The number of ether oxygens (including phenoxy) is 5. The first kappa shape index (κ1) is 19.8. The average molecular weight is 364 g/mol. The predicted octanol–water partition coefficient (Wildman–Crippen LogP) is 3.70. The van der Waals surface area contributed by atoms with Gasteiger partial charge in [-0.25, -0.2) is 0 Å². The number of rotatable bonds is 12. The molecule has 5 nitrogen and oxygen atoms in total. The quantitative estimate of drug-likeness (QED) is 0.529. The topological polar surface area (TPSA) is 46.2 Å². The minimum absolute atomic E-state index is 0.0219. The maximum atomic E-state index is 5.89. The van der Waals surface area contributed by atoms with Gasteiger partial charge < -0.3 is 23.7 Å². The largest absolute Gasteiger partial charge is 0.379 e. The Balaban J connectivity index is 1.08. The molecule has 26 heavy (non-hydrogen) atoms. The van der Waals surface area contributed by atoms with Crippen molar-refractivity contribution in [1.29, 1.82) is 0 Å². The Hall–Kier alpha value is -0.980. The van der Waals surface area contributed by atoms with Crippen molar-refractivity contribution in [3.63, 3.8) is 0 Å². The lowest BCUT2D eigenvalue weighted by Crippen LogP contribution is -2.37. The van der Waals surface area contributed by atoms with Gasteiger partial charge in [-0.3, -0.25) is 0 Å². The van der Waals surface area contributed by atoms with Crippen molar-refractivity contribution in [2.45, 2.75) is 63.6 Å². The van der Waals surface area contributed by atoms with Crippen LogP contribution in [0.15, 0.2) is 30.3 Å². The minimum atomic E-state index is -0.0219. The molecule has 3 rings (SSSR count). The molecule has 0 N–H and O–H groups in total. The highest BCUT2D eigenvalue weighted by Gasteiger charge is 2.30. The second-order valence-electron chi connectivity index (χ2n) is 7.02. The zero-order valence-corrected chi connectivity index (χ0v) is 15.6. The predicted molar refractivity (Wildman–Crippen MR) is 99.0 cm³/mol. The minimum Gasteiger partial charge on any atom is -0.379 e. The Labute approximate surface area is 156 Å². The summed E-state index contributed by atoms with van der Waals surface area (Å²) in [6.07, 6.45) is 6.95. The molecule has 1 aromatic carbocycles. The van der Waals surface area contributed by atoms with Gasteiger partial charge in [0.2, 0.25) is 0 Å². The molecule has 2 aliphatic rings. The van der Waals surface area contributed by atoms with Gasteiger partial charge in [0.1, 0.15) is 0 Å². The highest BCUT2D eigenvalue weighted by molar-refractivity contribution is 5.13. The van der Waals surface area contributed by atoms with Crippen LogP contribution in [0.4, 0.5) is 0 Å². The number of benzene rings is 1. The van der Waals surface area contributed by atoms with E-state index in [0.717, 1.165) is 51.9 Å². The van der Waals surface area contributed by atoms with Gasteiger partial charge >= 0.3 is 0 Å². The van der Waals surface area contributed by atoms with Gasteiger partial charge in [-0.15, -0.1) is 0 Å². The van der Waals surface area contributed by atoms with Crippen molar-refractivity contribution < 1.29 is 23.7 Å². The molecule has 1 aliphatic carbocycles. The first-order valence-electron chi connectivity index (χ1n) is 9.98. The van der Waals surface area contributed by atoms with Gasteiger partial charge in [0.15, 0.2) is 6.29 Å². The fraction of sp³-hybridized carbons (Fsp3) is 0.714. The van der Waals surface area contributed by atoms with Crippen LogP contribution in [0.25, 0.3) is 0 Å². The monoisotopic (exact) mass is 364 g/mol. The van der Waals surface area contributed by atoms with Crippen LogP contribution in [0.1, 0.15) is 44.1 Å². The summed E-state index contributed by atoms with van der Waals surface area (Å²) in [4.78, 5) is 0. The molecule has 0 radical (unpaired) electrons. The summed E-state index contributed by atoms with van der Waals surface area (Å²) in [5, 5.41) is 0. The molecule has 1 aliphatic heterocycles. The molecule has 0 amide bonds. The van der Waals surface area contributed by atoms with E-state index in [0.29, 0.717) is 32.0 Å². The van der Waals surface area contributed by atoms with Crippen LogP contribution in [0.3, 0.4) is 0 Å². The Morgan fingerprint density at radius 2 is 1.69 bits per heavy atom. The maximum Gasteiger partial charge on any atom is 0.157 e. The van der Waals surface area contributed by atoms with E-state index in [2.05, 4.69) is 12.1 Å². The SMILES string of the molecule is c1ccc(CO[C@H]2C[C@H](OCCCOCCOC3CCCCO3)C2)cc1. The lowest BCUT2D eigenvalue weighted by molar-refractivity contribution is -0.169. The molecule has 1 atom stereocenters. The molecule has 0 bridgehead atoms. The summed E-state index contributed by atoms with van der Waals surface area (Å²) >= 11 is 0. The molecular formula is C21H32O5. The molecule has 146 valence electrons. The van der Waals surface area contributed by atoms with E-state index in [4.69, 9.17) is 23.7 Å². The molecular weight excluding hydrogens is 332 g/mol. The standard InChI is InChI=1S/C21H32O5/c1-2-7-18(8-3-1)17-26-20-15-19(16-20)23-12-6-10-22-13-14-25-21-9-4-5-11-24-21/h1-3,7-8,19-21H,4-6,9-17H2/t19-,20-,21?. The fourth-order valence-electron chi connectivity index (χ4n) is 3.17. The van der Waals surface area contributed by atoms with Crippen LogP contribution >= 0.6 is 0 Å². The van der Waals surface area contributed by atoms with Crippen molar-refractivity contribution in [3.05, 3.63) is 35.9 Å². The third-order valence-corrected chi connectivity index (χ3v) is 4.84. The van der Waals surface area contributed by atoms with Crippen molar-refractivity contribution in [2.24, 2.45) is 0 Å². The molecule has 1 saturated carbocycles. The lowest BCUT2D eigenvalue weighted by Gasteiger charge is -2.35. The molecule has 2 fully saturated rings. The number of hydrogen-bond acceptors (Lipinski definition) is 5. The van der Waals surface area contributed by atoms with Gasteiger partial charge in [-0.05, 0) is 44.1 Å². The lowest BCUT2D eigenvalue weighted by atomic mass is 9.92. The molecule has 1 heterocycles. The van der Waals surface area contributed by atoms with Crippen molar-refractivity contribution in [3.8, 4) is 0 Å². The van der Waals surface area contributed by atoms with Gasteiger partial charge in [-0.1, -0.05) is 30.3 Å². The normalized spacial score (nSPS) is 25.8. The summed E-state index contributed by atoms with van der Waals surface area (Å²) in [7, 11) is 0. The second kappa shape index (κ2) is 11.7. The molecule has 0 spiro atoms. The molecule has 0 aromatic heterocycles. The zero-order chi connectivity index (χ0) is 17.9. The summed E-state index contributed by atoms with van der Waals surface area (Å²) in [6.45, 7) is 4.22. The number of hydrogen-bond donors (Lipinski definition) is 0. The smallest absolute Gasteiger partial charge is 0.157 e. The first-order chi connectivity index (χ1) is 12.9. The van der Waals surface area contributed by atoms with E-state index in [9.17, 15) is 0 Å². The molecule has 5 heteroatoms. The Kier molecular flexibility index (Phi) is 8.88. The molecule has 1 saturated heterocycles. The third kappa shape index (κ3) is 7.33. The van der Waals surface area contributed by atoms with Crippen molar-refractivity contribution in [1.82, 2.24) is 0 Å². The van der Waals surface area contributed by atoms with Gasteiger partial charge in [0, 0.05) is 19.8 Å². The van der Waals surface area contributed by atoms with Crippen LogP contribution in [0, 0.1) is 0 Å². The maximum absolute atomic E-state index is 5.89. The van der Waals surface area contributed by atoms with E-state index in [-0.39, 0.29) is 6.29 Å². The van der Waals surface area contributed by atoms with Gasteiger partial charge in [0.05, 0.1) is 32.0 Å². The first-order valence-corrected chi connectivity index (χ1v) is 9.98. The van der Waals surface area contributed by atoms with Gasteiger partial charge in [-0.2, -0.15) is 0 Å². The summed E-state index contributed by atoms with van der Waals surface area (Å²) < 4.78 is 28.5. The van der Waals surface area contributed by atoms with Crippen molar-refractivity contribution in [2.75, 3.05) is 33.0 Å². The van der Waals surface area contributed by atoms with Crippen LogP contribution in [0.5, 0.6) is 0 Å². The average Bonchev–Trinajstić information content (AvgIpc) is 2.66. The Morgan fingerprint density at radius 3 is 2.50 bits per heavy atom. The van der Waals surface area contributed by atoms with E-state index < -0.39 is 0 Å². The van der Waals surface area contributed by atoms with Crippen LogP contribution < -0.4 is 0 Å². The van der Waals surface area contributed by atoms with Crippen LogP contribution in [-0.2, 0) is 30.3 Å². The third-order valence-electron chi connectivity index (χ3n) is 4.84. The van der Waals surface area contributed by atoms with Crippen molar-refractivity contribution >= 4 is 0 Å².